The summed E-state index contributed by atoms with van der Waals surface area (Å²) in [6, 6.07) is 9.31. The number of halogens is 1. The van der Waals surface area contributed by atoms with E-state index in [-0.39, 0.29) is 42.2 Å². The second-order valence-corrected chi connectivity index (χ2v) is 9.89. The van der Waals surface area contributed by atoms with E-state index >= 15 is 0 Å². The maximum absolute atomic E-state index is 12.5. The van der Waals surface area contributed by atoms with Crippen molar-refractivity contribution in [1.29, 1.82) is 0 Å². The molecule has 0 aromatic heterocycles. The van der Waals surface area contributed by atoms with Crippen LogP contribution in [0.4, 0.5) is 4.79 Å². The van der Waals surface area contributed by atoms with Crippen LogP contribution in [0.2, 0.25) is 0 Å². The van der Waals surface area contributed by atoms with E-state index in [2.05, 4.69) is 46.3 Å². The molecule has 3 aliphatic heterocycles. The summed E-state index contributed by atoms with van der Waals surface area (Å²) >= 11 is 0. The Balaban J connectivity index is 0.00000306. The molecule has 4 rings (SSSR count). The van der Waals surface area contributed by atoms with Crippen LogP contribution in [-0.4, -0.2) is 97.4 Å². The van der Waals surface area contributed by atoms with Crippen LogP contribution in [0.5, 0.6) is 0 Å². The number of nitrogens with zero attached hydrogens (tertiary/aromatic N) is 4. The molecular weight excluding hydrogens is 533 g/mol. The fourth-order valence-corrected chi connectivity index (χ4v) is 4.55. The van der Waals surface area contributed by atoms with Crippen LogP contribution in [0.3, 0.4) is 0 Å². The summed E-state index contributed by atoms with van der Waals surface area (Å²) in [7, 11) is 0. The van der Waals surface area contributed by atoms with E-state index in [1.807, 2.05) is 25.7 Å². The number of hydrogen-bond donors (Lipinski definition) is 1. The summed E-state index contributed by atoms with van der Waals surface area (Å²) in [6.07, 6.45) is -0.231. The molecule has 3 aliphatic rings. The number of guanidine groups is 1. The zero-order valence-electron chi connectivity index (χ0n) is 20.2. The summed E-state index contributed by atoms with van der Waals surface area (Å²) in [5.74, 6) is 0.948. The minimum atomic E-state index is -0.475. The maximum atomic E-state index is 12.5. The molecule has 1 aromatic carbocycles. The molecule has 184 valence electrons. The predicted octanol–water partition coefficient (Wildman–Crippen LogP) is 2.87. The first-order chi connectivity index (χ1) is 15.3. The lowest BCUT2D eigenvalue weighted by Gasteiger charge is -2.40. The van der Waals surface area contributed by atoms with Gasteiger partial charge in [-0.05, 0) is 33.3 Å². The van der Waals surface area contributed by atoms with E-state index in [0.29, 0.717) is 19.6 Å². The number of carbonyl (C=O) groups is 1. The first-order valence-electron chi connectivity index (χ1n) is 11.7. The van der Waals surface area contributed by atoms with Crippen molar-refractivity contribution in [2.75, 3.05) is 59.0 Å². The number of fused-ring (bicyclic) bond motifs is 1. The lowest BCUT2D eigenvalue weighted by Crippen LogP contribution is -2.58. The Morgan fingerprint density at radius 3 is 2.55 bits per heavy atom. The highest BCUT2D eigenvalue weighted by molar-refractivity contribution is 14.0. The number of carbonyl (C=O) groups excluding carboxylic acids is 1. The second kappa shape index (κ2) is 11.2. The van der Waals surface area contributed by atoms with E-state index in [9.17, 15) is 4.79 Å². The number of aliphatic imine (C=N–C) groups is 1. The molecule has 8 nitrogen and oxygen atoms in total. The Labute approximate surface area is 214 Å². The zero-order valence-corrected chi connectivity index (χ0v) is 22.6. The SMILES string of the molecule is Cc1ccc(C(CNC2=NCC3CN(C(=O)OC(C)(C)C)CCN23)N2CCOCC2)cc1.I. The van der Waals surface area contributed by atoms with Crippen LogP contribution in [0.15, 0.2) is 29.3 Å². The van der Waals surface area contributed by atoms with Crippen molar-refractivity contribution in [2.45, 2.75) is 45.4 Å². The van der Waals surface area contributed by atoms with Gasteiger partial charge in [0.15, 0.2) is 5.96 Å². The molecular formula is C24H38IN5O3. The molecule has 0 bridgehead atoms. The lowest BCUT2D eigenvalue weighted by atomic mass is 10.0. The quantitative estimate of drug-likeness (QED) is 0.561. The van der Waals surface area contributed by atoms with Crippen molar-refractivity contribution in [3.05, 3.63) is 35.4 Å². The number of piperazine rings is 1. The third kappa shape index (κ3) is 6.73. The second-order valence-electron chi connectivity index (χ2n) is 9.89. The van der Waals surface area contributed by atoms with Gasteiger partial charge in [0, 0.05) is 39.3 Å². The topological polar surface area (TPSA) is 69.6 Å². The van der Waals surface area contributed by atoms with Crippen LogP contribution in [-0.2, 0) is 9.47 Å². The number of ether oxygens (including phenoxy) is 2. The zero-order chi connectivity index (χ0) is 22.7. The standard InChI is InChI=1S/C24H37N5O3.HI/c1-18-5-7-19(8-6-18)21(27-11-13-31-14-12-27)16-26-22-25-15-20-17-28(9-10-29(20)22)23(30)32-24(2,3)4;/h5-8,20-21H,9-17H2,1-4H3,(H,25,26);1H. The molecule has 0 aliphatic carbocycles. The smallest absolute Gasteiger partial charge is 0.410 e. The number of amides is 1. The molecule has 2 fully saturated rings. The first-order valence-corrected chi connectivity index (χ1v) is 11.7. The average molecular weight is 572 g/mol. The van der Waals surface area contributed by atoms with Crippen molar-refractivity contribution in [3.63, 3.8) is 0 Å². The Morgan fingerprint density at radius 2 is 1.88 bits per heavy atom. The van der Waals surface area contributed by atoms with Crippen LogP contribution >= 0.6 is 24.0 Å². The third-order valence-corrected chi connectivity index (χ3v) is 6.26. The van der Waals surface area contributed by atoms with E-state index in [0.717, 1.165) is 45.4 Å². The highest BCUT2D eigenvalue weighted by atomic mass is 127. The highest BCUT2D eigenvalue weighted by Gasteiger charge is 2.36. The number of morpholine rings is 1. The molecule has 0 spiro atoms. The van der Waals surface area contributed by atoms with Crippen molar-refractivity contribution in [2.24, 2.45) is 4.99 Å². The molecule has 9 heteroatoms. The molecule has 0 saturated carbocycles. The van der Waals surface area contributed by atoms with Gasteiger partial charge < -0.3 is 24.6 Å². The fourth-order valence-electron chi connectivity index (χ4n) is 4.55. The maximum Gasteiger partial charge on any atom is 0.410 e. The summed E-state index contributed by atoms with van der Waals surface area (Å²) < 4.78 is 11.1. The monoisotopic (exact) mass is 571 g/mol. The van der Waals surface area contributed by atoms with Gasteiger partial charge in [-0.25, -0.2) is 4.79 Å². The van der Waals surface area contributed by atoms with Gasteiger partial charge in [-0.1, -0.05) is 29.8 Å². The lowest BCUT2D eigenvalue weighted by molar-refractivity contribution is 0.0129. The number of nitrogens with one attached hydrogen (secondary N) is 1. The van der Waals surface area contributed by atoms with E-state index in [1.54, 1.807) is 0 Å². The summed E-state index contributed by atoms with van der Waals surface area (Å²) in [5, 5.41) is 3.63. The highest BCUT2D eigenvalue weighted by Crippen LogP contribution is 2.23. The van der Waals surface area contributed by atoms with Crippen molar-refractivity contribution in [1.82, 2.24) is 20.0 Å². The Hall–Kier alpha value is -1.59. The van der Waals surface area contributed by atoms with Crippen molar-refractivity contribution < 1.29 is 14.3 Å². The number of rotatable bonds is 4. The van der Waals surface area contributed by atoms with E-state index in [4.69, 9.17) is 14.5 Å². The van der Waals surface area contributed by atoms with Crippen LogP contribution in [0.1, 0.15) is 37.9 Å². The number of aryl methyl sites for hydroxylation is 1. The average Bonchev–Trinajstić information content (AvgIpc) is 3.17. The Morgan fingerprint density at radius 1 is 1.18 bits per heavy atom. The molecule has 2 atom stereocenters. The molecule has 1 amide bonds. The minimum absolute atomic E-state index is 0. The van der Waals surface area contributed by atoms with Gasteiger partial charge in [-0.15, -0.1) is 24.0 Å². The summed E-state index contributed by atoms with van der Waals surface area (Å²) in [5.41, 5.74) is 2.11. The fraction of sp³-hybridized carbons (Fsp3) is 0.667. The van der Waals surface area contributed by atoms with Gasteiger partial charge in [0.05, 0.1) is 31.8 Å². The largest absolute Gasteiger partial charge is 0.444 e. The Kier molecular flexibility index (Phi) is 8.85. The van der Waals surface area contributed by atoms with Gasteiger partial charge in [0.2, 0.25) is 0 Å². The third-order valence-electron chi connectivity index (χ3n) is 6.26. The minimum Gasteiger partial charge on any atom is -0.444 e. The van der Waals surface area contributed by atoms with Gasteiger partial charge in [0.25, 0.3) is 0 Å². The van der Waals surface area contributed by atoms with Crippen molar-refractivity contribution in [3.8, 4) is 0 Å². The molecule has 2 unspecified atom stereocenters. The Bertz CT molecular complexity index is 820. The molecule has 33 heavy (non-hydrogen) atoms. The summed E-state index contributed by atoms with van der Waals surface area (Å²) in [6.45, 7) is 14.8. The number of benzene rings is 1. The van der Waals surface area contributed by atoms with E-state index in [1.165, 1.54) is 11.1 Å². The van der Waals surface area contributed by atoms with Crippen LogP contribution in [0.25, 0.3) is 0 Å². The van der Waals surface area contributed by atoms with Crippen molar-refractivity contribution >= 4 is 36.0 Å². The van der Waals surface area contributed by atoms with Gasteiger partial charge in [0.1, 0.15) is 5.60 Å². The molecule has 2 saturated heterocycles. The van der Waals surface area contributed by atoms with Crippen LogP contribution < -0.4 is 5.32 Å². The van der Waals surface area contributed by atoms with Gasteiger partial charge in [-0.3, -0.25) is 9.89 Å². The first kappa shape index (κ1) is 26.0. The molecule has 3 heterocycles. The molecule has 0 radical (unpaired) electrons. The molecule has 1 N–H and O–H groups in total. The molecule has 1 aromatic rings. The van der Waals surface area contributed by atoms with Gasteiger partial charge >= 0.3 is 6.09 Å². The van der Waals surface area contributed by atoms with E-state index < -0.39 is 5.60 Å². The predicted molar refractivity (Wildman–Crippen MR) is 140 cm³/mol. The van der Waals surface area contributed by atoms with Crippen LogP contribution in [0, 0.1) is 6.92 Å². The van der Waals surface area contributed by atoms with Gasteiger partial charge in [-0.2, -0.15) is 0 Å². The normalized spacial score (nSPS) is 22.2. The summed E-state index contributed by atoms with van der Waals surface area (Å²) in [4.78, 5) is 23.9. The number of hydrogen-bond acceptors (Lipinski definition) is 7.